The van der Waals surface area contributed by atoms with Crippen LogP contribution < -0.4 is 5.32 Å². The fraction of sp³-hybridized carbons (Fsp3) is 0.333. The Balaban J connectivity index is 1.52. The van der Waals surface area contributed by atoms with Crippen LogP contribution >= 0.6 is 11.6 Å². The smallest absolute Gasteiger partial charge is 0.407 e. The summed E-state index contributed by atoms with van der Waals surface area (Å²) >= 11 is 5.82. The van der Waals surface area contributed by atoms with Gasteiger partial charge in [0, 0.05) is 24.6 Å². The third-order valence-electron chi connectivity index (χ3n) is 4.69. The van der Waals surface area contributed by atoms with Crippen molar-refractivity contribution in [3.8, 4) is 0 Å². The Kier molecular flexibility index (Phi) is 6.54. The SMILES string of the molecule is O=C(NCc1cccc(CC2(C(=O)O)CCCO2)c1)OCc1ccc(Cl)cc1. The van der Waals surface area contributed by atoms with E-state index in [0.29, 0.717) is 24.5 Å². The molecule has 1 aliphatic rings. The molecule has 1 saturated heterocycles. The number of aliphatic carboxylic acids is 1. The van der Waals surface area contributed by atoms with Gasteiger partial charge in [0.25, 0.3) is 0 Å². The van der Waals surface area contributed by atoms with Crippen LogP contribution in [0.2, 0.25) is 5.02 Å². The van der Waals surface area contributed by atoms with Crippen molar-refractivity contribution in [3.05, 3.63) is 70.2 Å². The summed E-state index contributed by atoms with van der Waals surface area (Å²) < 4.78 is 10.7. The number of carbonyl (C=O) groups excluding carboxylic acids is 1. The van der Waals surface area contributed by atoms with Gasteiger partial charge in [-0.3, -0.25) is 0 Å². The van der Waals surface area contributed by atoms with Gasteiger partial charge in [-0.15, -0.1) is 0 Å². The molecule has 2 aromatic carbocycles. The van der Waals surface area contributed by atoms with Crippen molar-refractivity contribution in [1.82, 2.24) is 5.32 Å². The number of rotatable bonds is 7. The van der Waals surface area contributed by atoms with E-state index >= 15 is 0 Å². The van der Waals surface area contributed by atoms with E-state index in [9.17, 15) is 14.7 Å². The molecular weight excluding hydrogens is 382 g/mol. The lowest BCUT2D eigenvalue weighted by atomic mass is 9.91. The summed E-state index contributed by atoms with van der Waals surface area (Å²) in [6.07, 6.45) is 1.02. The Hall–Kier alpha value is -2.57. The number of amides is 1. The average Bonchev–Trinajstić information content (AvgIpc) is 3.16. The van der Waals surface area contributed by atoms with Gasteiger partial charge >= 0.3 is 12.1 Å². The molecule has 0 saturated carbocycles. The number of benzene rings is 2. The fourth-order valence-electron chi connectivity index (χ4n) is 3.22. The van der Waals surface area contributed by atoms with Gasteiger partial charge in [0.2, 0.25) is 0 Å². The molecule has 0 bridgehead atoms. The van der Waals surface area contributed by atoms with Crippen LogP contribution in [0, 0.1) is 0 Å². The van der Waals surface area contributed by atoms with E-state index in [4.69, 9.17) is 21.1 Å². The van der Waals surface area contributed by atoms with Crippen molar-refractivity contribution in [2.24, 2.45) is 0 Å². The number of hydrogen-bond donors (Lipinski definition) is 2. The van der Waals surface area contributed by atoms with Crippen LogP contribution in [0.5, 0.6) is 0 Å². The largest absolute Gasteiger partial charge is 0.479 e. The minimum Gasteiger partial charge on any atom is -0.479 e. The van der Waals surface area contributed by atoms with Gasteiger partial charge in [-0.25, -0.2) is 9.59 Å². The maximum atomic E-state index is 11.9. The molecule has 1 aliphatic heterocycles. The van der Waals surface area contributed by atoms with Crippen LogP contribution in [0.3, 0.4) is 0 Å². The molecule has 1 atom stereocenters. The summed E-state index contributed by atoms with van der Waals surface area (Å²) in [6.45, 7) is 0.905. The van der Waals surface area contributed by atoms with E-state index in [1.807, 2.05) is 24.3 Å². The maximum Gasteiger partial charge on any atom is 0.407 e. The maximum absolute atomic E-state index is 11.9. The third-order valence-corrected chi connectivity index (χ3v) is 4.95. The second-order valence-electron chi connectivity index (χ2n) is 6.80. The number of carboxylic acids is 1. The first kappa shape index (κ1) is 20.2. The van der Waals surface area contributed by atoms with Gasteiger partial charge in [-0.05, 0) is 41.7 Å². The van der Waals surface area contributed by atoms with E-state index in [2.05, 4.69) is 5.32 Å². The van der Waals surface area contributed by atoms with E-state index in [1.54, 1.807) is 24.3 Å². The topological polar surface area (TPSA) is 84.9 Å². The molecule has 148 valence electrons. The van der Waals surface area contributed by atoms with Crippen molar-refractivity contribution < 1.29 is 24.2 Å². The molecule has 0 aliphatic carbocycles. The zero-order valence-electron chi connectivity index (χ0n) is 15.3. The van der Waals surface area contributed by atoms with Crippen LogP contribution in [0.25, 0.3) is 0 Å². The van der Waals surface area contributed by atoms with Gasteiger partial charge in [-0.2, -0.15) is 0 Å². The van der Waals surface area contributed by atoms with Crippen LogP contribution in [0.4, 0.5) is 4.79 Å². The van der Waals surface area contributed by atoms with Crippen LogP contribution in [-0.2, 0) is 33.8 Å². The standard InChI is InChI=1S/C21H22ClNO5/c22-18-7-5-15(6-8-18)14-27-20(26)23-13-17-4-1-3-16(11-17)12-21(19(24)25)9-2-10-28-21/h1,3-8,11H,2,9-10,12-14H2,(H,23,26)(H,24,25). The Morgan fingerprint density at radius 1 is 1.14 bits per heavy atom. The molecule has 28 heavy (non-hydrogen) atoms. The Bertz CT molecular complexity index is 831. The predicted octanol–water partition coefficient (Wildman–Crippen LogP) is 3.94. The highest BCUT2D eigenvalue weighted by atomic mass is 35.5. The average molecular weight is 404 g/mol. The lowest BCUT2D eigenvalue weighted by Gasteiger charge is -2.23. The molecule has 1 heterocycles. The van der Waals surface area contributed by atoms with Crippen LogP contribution in [0.15, 0.2) is 48.5 Å². The van der Waals surface area contributed by atoms with Gasteiger partial charge in [0.1, 0.15) is 6.61 Å². The second-order valence-corrected chi connectivity index (χ2v) is 7.24. The summed E-state index contributed by atoms with van der Waals surface area (Å²) in [7, 11) is 0. The van der Waals surface area contributed by atoms with Gasteiger partial charge in [0.05, 0.1) is 0 Å². The van der Waals surface area contributed by atoms with E-state index in [1.165, 1.54) is 0 Å². The van der Waals surface area contributed by atoms with Crippen molar-refractivity contribution in [2.45, 2.75) is 38.0 Å². The number of nitrogens with one attached hydrogen (secondary N) is 1. The molecule has 0 aromatic heterocycles. The molecule has 6 nitrogen and oxygen atoms in total. The van der Waals surface area contributed by atoms with Crippen LogP contribution in [-0.4, -0.2) is 29.4 Å². The highest BCUT2D eigenvalue weighted by molar-refractivity contribution is 6.30. The Morgan fingerprint density at radius 3 is 2.57 bits per heavy atom. The van der Waals surface area contributed by atoms with Crippen molar-refractivity contribution in [3.63, 3.8) is 0 Å². The Morgan fingerprint density at radius 2 is 1.89 bits per heavy atom. The summed E-state index contributed by atoms with van der Waals surface area (Å²) in [5.41, 5.74) is 1.42. The second kappa shape index (κ2) is 9.08. The first-order valence-electron chi connectivity index (χ1n) is 9.07. The van der Waals surface area contributed by atoms with Gasteiger partial charge in [0.15, 0.2) is 5.60 Å². The highest BCUT2D eigenvalue weighted by Crippen LogP contribution is 2.30. The number of alkyl carbamates (subject to hydrolysis) is 1. The first-order valence-corrected chi connectivity index (χ1v) is 9.45. The van der Waals surface area contributed by atoms with E-state index < -0.39 is 17.7 Å². The van der Waals surface area contributed by atoms with Crippen molar-refractivity contribution >= 4 is 23.7 Å². The summed E-state index contributed by atoms with van der Waals surface area (Å²) in [5.74, 6) is -0.931. The minimum atomic E-state index is -1.15. The quantitative estimate of drug-likeness (QED) is 0.731. The normalized spacial score (nSPS) is 18.6. The molecule has 1 unspecified atom stereocenters. The highest BCUT2D eigenvalue weighted by Gasteiger charge is 2.42. The van der Waals surface area contributed by atoms with Crippen LogP contribution in [0.1, 0.15) is 29.5 Å². The van der Waals surface area contributed by atoms with Crippen molar-refractivity contribution in [2.75, 3.05) is 6.61 Å². The molecule has 1 fully saturated rings. The first-order chi connectivity index (χ1) is 13.5. The summed E-state index contributed by atoms with van der Waals surface area (Å²) in [6, 6.07) is 14.5. The number of ether oxygens (including phenoxy) is 2. The molecule has 0 radical (unpaired) electrons. The minimum absolute atomic E-state index is 0.154. The number of carbonyl (C=O) groups is 2. The molecule has 2 N–H and O–H groups in total. The molecular formula is C21H22ClNO5. The molecule has 1 amide bonds. The monoisotopic (exact) mass is 403 g/mol. The zero-order valence-corrected chi connectivity index (χ0v) is 16.1. The molecule has 2 aromatic rings. The number of hydrogen-bond acceptors (Lipinski definition) is 4. The fourth-order valence-corrected chi connectivity index (χ4v) is 3.34. The summed E-state index contributed by atoms with van der Waals surface area (Å²) in [4.78, 5) is 23.5. The zero-order chi connectivity index (χ0) is 20.0. The van der Waals surface area contributed by atoms with Gasteiger partial charge < -0.3 is 19.9 Å². The lowest BCUT2D eigenvalue weighted by Crippen LogP contribution is -2.40. The molecule has 0 spiro atoms. The summed E-state index contributed by atoms with van der Waals surface area (Å²) in [5, 5.41) is 12.9. The number of carboxylic acid groups (broad SMARTS) is 1. The molecule has 3 rings (SSSR count). The predicted molar refractivity (Wildman–Crippen MR) is 104 cm³/mol. The van der Waals surface area contributed by atoms with E-state index in [0.717, 1.165) is 23.1 Å². The molecule has 7 heteroatoms. The Labute approximate surface area is 168 Å². The third kappa shape index (κ3) is 5.24. The number of halogens is 1. The lowest BCUT2D eigenvalue weighted by molar-refractivity contribution is -0.159. The van der Waals surface area contributed by atoms with Gasteiger partial charge in [-0.1, -0.05) is 48.0 Å². The van der Waals surface area contributed by atoms with E-state index in [-0.39, 0.29) is 13.2 Å². The van der Waals surface area contributed by atoms with Crippen molar-refractivity contribution in [1.29, 1.82) is 0 Å².